The van der Waals surface area contributed by atoms with Gasteiger partial charge >= 0.3 is 5.97 Å². The topological polar surface area (TPSA) is 59.1 Å². The first-order chi connectivity index (χ1) is 9.31. The molecule has 0 radical (unpaired) electrons. The van der Waals surface area contributed by atoms with Crippen LogP contribution in [0.5, 0.6) is 0 Å². The minimum absolute atomic E-state index is 0.0271. The van der Waals surface area contributed by atoms with Gasteiger partial charge in [0.25, 0.3) is 0 Å². The van der Waals surface area contributed by atoms with Crippen LogP contribution in [0.15, 0.2) is 0 Å². The number of rotatable bonds is 5. The molecule has 1 aliphatic rings. The summed E-state index contributed by atoms with van der Waals surface area (Å²) in [5, 5.41) is 0. The lowest BCUT2D eigenvalue weighted by Gasteiger charge is -2.34. The van der Waals surface area contributed by atoms with Crippen LogP contribution in [-0.2, 0) is 19.1 Å². The summed E-state index contributed by atoms with van der Waals surface area (Å²) in [6, 6.07) is 0. The quantitative estimate of drug-likeness (QED) is 0.689. The monoisotopic (exact) mass is 286 g/mol. The van der Waals surface area contributed by atoms with E-state index >= 15 is 0 Å². The molecular formula is C14H26N2O4. The first-order valence-corrected chi connectivity index (χ1v) is 7.03. The first kappa shape index (κ1) is 16.9. The van der Waals surface area contributed by atoms with Gasteiger partial charge in [0.05, 0.1) is 6.42 Å². The van der Waals surface area contributed by atoms with Crippen molar-refractivity contribution in [2.45, 2.75) is 32.8 Å². The van der Waals surface area contributed by atoms with E-state index in [-0.39, 0.29) is 18.5 Å². The summed E-state index contributed by atoms with van der Waals surface area (Å²) in [5.74, 6) is -0.144. The Morgan fingerprint density at radius 1 is 1.10 bits per heavy atom. The van der Waals surface area contributed by atoms with Crippen molar-refractivity contribution < 1.29 is 19.1 Å². The Hall–Kier alpha value is -1.14. The molecule has 20 heavy (non-hydrogen) atoms. The van der Waals surface area contributed by atoms with Crippen molar-refractivity contribution in [1.82, 2.24) is 9.80 Å². The average Bonchev–Trinajstić information content (AvgIpc) is 2.35. The van der Waals surface area contributed by atoms with E-state index in [9.17, 15) is 9.59 Å². The number of ether oxygens (including phenoxy) is 2. The van der Waals surface area contributed by atoms with Crippen molar-refractivity contribution in [3.63, 3.8) is 0 Å². The maximum absolute atomic E-state index is 11.6. The molecule has 1 heterocycles. The fourth-order valence-corrected chi connectivity index (χ4v) is 2.08. The summed E-state index contributed by atoms with van der Waals surface area (Å²) < 4.78 is 10.1. The third kappa shape index (κ3) is 6.34. The molecule has 0 atom stereocenters. The highest BCUT2D eigenvalue weighted by atomic mass is 16.6. The van der Waals surface area contributed by atoms with Crippen molar-refractivity contribution in [3.05, 3.63) is 0 Å². The Labute approximate surface area is 121 Å². The van der Waals surface area contributed by atoms with E-state index < -0.39 is 5.60 Å². The number of carbonyl (C=O) groups excluding carboxylic acids is 2. The van der Waals surface area contributed by atoms with Gasteiger partial charge in [-0.15, -0.1) is 0 Å². The molecule has 6 heteroatoms. The van der Waals surface area contributed by atoms with Gasteiger partial charge in [-0.2, -0.15) is 0 Å². The molecule has 0 unspecified atom stereocenters. The number of piperazine rings is 1. The summed E-state index contributed by atoms with van der Waals surface area (Å²) in [5.41, 5.74) is -0.428. The number of methoxy groups -OCH3 is 1. The molecule has 0 aliphatic carbocycles. The highest BCUT2D eigenvalue weighted by Crippen LogP contribution is 2.09. The lowest BCUT2D eigenvalue weighted by molar-refractivity contribution is -0.155. The van der Waals surface area contributed by atoms with Crippen molar-refractivity contribution in [3.8, 4) is 0 Å². The van der Waals surface area contributed by atoms with E-state index in [1.54, 1.807) is 4.90 Å². The largest absolute Gasteiger partial charge is 0.460 e. The van der Waals surface area contributed by atoms with E-state index in [0.29, 0.717) is 26.1 Å². The van der Waals surface area contributed by atoms with E-state index in [1.165, 1.54) is 7.11 Å². The van der Waals surface area contributed by atoms with Crippen molar-refractivity contribution in [1.29, 1.82) is 0 Å². The zero-order chi connectivity index (χ0) is 15.2. The predicted octanol–water partition coefficient (Wildman–Crippen LogP) is 0.509. The molecule has 0 spiro atoms. The van der Waals surface area contributed by atoms with E-state index in [0.717, 1.165) is 13.1 Å². The lowest BCUT2D eigenvalue weighted by atomic mass is 10.2. The number of esters is 1. The van der Waals surface area contributed by atoms with Crippen LogP contribution in [0.25, 0.3) is 0 Å². The van der Waals surface area contributed by atoms with Crippen LogP contribution in [0, 0.1) is 0 Å². The summed E-state index contributed by atoms with van der Waals surface area (Å²) in [6.07, 6.45) is 0.392. The van der Waals surface area contributed by atoms with E-state index in [4.69, 9.17) is 9.47 Å². The summed E-state index contributed by atoms with van der Waals surface area (Å²) in [7, 11) is 1.52. The zero-order valence-electron chi connectivity index (χ0n) is 13.0. The van der Waals surface area contributed by atoms with E-state index in [2.05, 4.69) is 4.90 Å². The molecule has 0 bridgehead atoms. The van der Waals surface area contributed by atoms with Gasteiger partial charge in [0.2, 0.25) is 5.91 Å². The maximum atomic E-state index is 11.6. The van der Waals surface area contributed by atoms with Crippen LogP contribution in [0.1, 0.15) is 27.2 Å². The first-order valence-electron chi connectivity index (χ1n) is 7.03. The van der Waals surface area contributed by atoms with Gasteiger partial charge in [-0.05, 0) is 20.8 Å². The van der Waals surface area contributed by atoms with Gasteiger partial charge in [-0.25, -0.2) is 0 Å². The van der Waals surface area contributed by atoms with Gasteiger partial charge < -0.3 is 14.4 Å². The molecule has 1 aliphatic heterocycles. The van der Waals surface area contributed by atoms with Crippen molar-refractivity contribution in [2.24, 2.45) is 0 Å². The number of nitrogens with zero attached hydrogens (tertiary/aromatic N) is 2. The number of carbonyl (C=O) groups is 2. The molecule has 1 amide bonds. The lowest BCUT2D eigenvalue weighted by Crippen LogP contribution is -2.50. The highest BCUT2D eigenvalue weighted by molar-refractivity contribution is 5.77. The summed E-state index contributed by atoms with van der Waals surface area (Å²) >= 11 is 0. The predicted molar refractivity (Wildman–Crippen MR) is 75.4 cm³/mol. The minimum Gasteiger partial charge on any atom is -0.460 e. The Morgan fingerprint density at radius 3 is 2.20 bits per heavy atom. The SMILES string of the molecule is COCC(=O)N1CCN(CCC(=O)OC(C)(C)C)CC1. The van der Waals surface area contributed by atoms with Crippen molar-refractivity contribution >= 4 is 11.9 Å². The van der Waals surface area contributed by atoms with Crippen LogP contribution >= 0.6 is 0 Å². The zero-order valence-corrected chi connectivity index (χ0v) is 13.0. The Bertz CT molecular complexity index is 331. The molecule has 0 aromatic heterocycles. The van der Waals surface area contributed by atoms with Gasteiger partial charge in [-0.1, -0.05) is 0 Å². The molecule has 6 nitrogen and oxygen atoms in total. The van der Waals surface area contributed by atoms with E-state index in [1.807, 2.05) is 20.8 Å². The highest BCUT2D eigenvalue weighted by Gasteiger charge is 2.22. The average molecular weight is 286 g/mol. The second kappa shape index (κ2) is 7.59. The standard InChI is InChI=1S/C14H26N2O4/c1-14(2,3)20-13(18)5-6-15-7-9-16(10-8-15)12(17)11-19-4/h5-11H2,1-4H3. The van der Waals surface area contributed by atoms with Crippen LogP contribution in [0.4, 0.5) is 0 Å². The van der Waals surface area contributed by atoms with Crippen LogP contribution < -0.4 is 0 Å². The van der Waals surface area contributed by atoms with Crippen LogP contribution in [0.3, 0.4) is 0 Å². The Balaban J connectivity index is 2.23. The molecule has 1 rings (SSSR count). The number of amides is 1. The third-order valence-electron chi connectivity index (χ3n) is 3.04. The molecule has 1 fully saturated rings. The third-order valence-corrected chi connectivity index (χ3v) is 3.04. The molecule has 116 valence electrons. The second-order valence-electron chi connectivity index (χ2n) is 5.99. The van der Waals surface area contributed by atoms with Gasteiger partial charge in [0.1, 0.15) is 12.2 Å². The number of hydrogen-bond acceptors (Lipinski definition) is 5. The molecule has 0 aromatic rings. The Kier molecular flexibility index (Phi) is 6.42. The molecule has 0 saturated carbocycles. The summed E-state index contributed by atoms with van der Waals surface area (Å²) in [6.45, 7) is 9.38. The van der Waals surface area contributed by atoms with Crippen LogP contribution in [-0.4, -0.2) is 73.7 Å². The molecular weight excluding hydrogens is 260 g/mol. The van der Waals surface area contributed by atoms with Gasteiger partial charge in [-0.3, -0.25) is 14.5 Å². The fourth-order valence-electron chi connectivity index (χ4n) is 2.08. The number of hydrogen-bond donors (Lipinski definition) is 0. The van der Waals surface area contributed by atoms with Crippen molar-refractivity contribution in [2.75, 3.05) is 46.4 Å². The fraction of sp³-hybridized carbons (Fsp3) is 0.857. The molecule has 0 aromatic carbocycles. The van der Waals surface area contributed by atoms with Gasteiger partial charge in [0.15, 0.2) is 0 Å². The molecule has 1 saturated heterocycles. The van der Waals surface area contributed by atoms with Crippen LogP contribution in [0.2, 0.25) is 0 Å². The Morgan fingerprint density at radius 2 is 1.70 bits per heavy atom. The minimum atomic E-state index is -0.428. The maximum Gasteiger partial charge on any atom is 0.307 e. The second-order valence-corrected chi connectivity index (χ2v) is 5.99. The summed E-state index contributed by atoms with van der Waals surface area (Å²) in [4.78, 5) is 27.2. The smallest absolute Gasteiger partial charge is 0.307 e. The molecule has 0 N–H and O–H groups in total. The normalized spacial score (nSPS) is 17.1. The van der Waals surface area contributed by atoms with Gasteiger partial charge in [0, 0.05) is 39.8 Å².